The lowest BCUT2D eigenvalue weighted by atomic mass is 10.1. The van der Waals surface area contributed by atoms with E-state index in [1.54, 1.807) is 0 Å². The molecule has 0 aliphatic carbocycles. The Morgan fingerprint density at radius 3 is 2.66 bits per heavy atom. The van der Waals surface area contributed by atoms with Crippen molar-refractivity contribution in [1.82, 2.24) is 14.8 Å². The Bertz CT molecular complexity index is 919. The smallest absolute Gasteiger partial charge is 0.135 e. The quantitative estimate of drug-likeness (QED) is 0.654. The van der Waals surface area contributed by atoms with Crippen LogP contribution in [-0.2, 0) is 4.74 Å². The molecule has 0 saturated carbocycles. The molecule has 29 heavy (non-hydrogen) atoms. The van der Waals surface area contributed by atoms with Crippen molar-refractivity contribution in [2.75, 3.05) is 45.9 Å². The average Bonchev–Trinajstić information content (AvgIpc) is 3.22. The van der Waals surface area contributed by atoms with E-state index in [1.165, 1.54) is 11.3 Å². The Kier molecular flexibility index (Phi) is 6.34. The van der Waals surface area contributed by atoms with E-state index in [1.807, 2.05) is 36.1 Å². The van der Waals surface area contributed by atoms with Crippen LogP contribution in [0.2, 0.25) is 0 Å². The van der Waals surface area contributed by atoms with Gasteiger partial charge in [0.2, 0.25) is 0 Å². The minimum atomic E-state index is 0.248. The van der Waals surface area contributed by atoms with Gasteiger partial charge in [-0.15, -0.1) is 11.3 Å². The number of nitrogens with zero attached hydrogens (tertiary/aromatic N) is 3. The summed E-state index contributed by atoms with van der Waals surface area (Å²) >= 11 is 5.00. The van der Waals surface area contributed by atoms with Gasteiger partial charge in [0.05, 0.1) is 31.0 Å². The largest absolute Gasteiger partial charge is 0.510 e. The Hall–Kier alpha value is -1.74. The van der Waals surface area contributed by atoms with Crippen LogP contribution < -0.4 is 0 Å². The number of aromatic nitrogens is 1. The summed E-state index contributed by atoms with van der Waals surface area (Å²) in [6, 6.07) is 8.06. The minimum Gasteiger partial charge on any atom is -0.510 e. The summed E-state index contributed by atoms with van der Waals surface area (Å²) in [7, 11) is 0. The number of aryl methyl sites for hydroxylation is 1. The summed E-state index contributed by atoms with van der Waals surface area (Å²) in [5.41, 5.74) is 2.53. The maximum absolute atomic E-state index is 10.6. The number of morpholine rings is 1. The number of aliphatic hydroxyl groups excluding tert-OH is 1. The molecular weight excluding hydrogens is 452 g/mol. The fourth-order valence-corrected chi connectivity index (χ4v) is 5.01. The topological polar surface area (TPSA) is 72.7 Å². The fourth-order valence-electron chi connectivity index (χ4n) is 3.74. The van der Waals surface area contributed by atoms with Gasteiger partial charge in [0.15, 0.2) is 0 Å². The molecule has 2 aliphatic heterocycles. The Labute approximate surface area is 183 Å². The van der Waals surface area contributed by atoms with Gasteiger partial charge in [0.25, 0.3) is 0 Å². The summed E-state index contributed by atoms with van der Waals surface area (Å²) in [6.07, 6.45) is 0.962. The first kappa shape index (κ1) is 20.5. The van der Waals surface area contributed by atoms with Crippen molar-refractivity contribution in [2.24, 2.45) is 0 Å². The maximum atomic E-state index is 10.6. The van der Waals surface area contributed by atoms with Crippen molar-refractivity contribution in [3.8, 4) is 11.3 Å². The minimum absolute atomic E-state index is 0.248. The van der Waals surface area contributed by atoms with Gasteiger partial charge in [-0.05, 0) is 25.5 Å². The zero-order valence-corrected chi connectivity index (χ0v) is 18.9. The number of ether oxygens (including phenoxy) is 1. The van der Waals surface area contributed by atoms with Gasteiger partial charge in [-0.2, -0.15) is 0 Å². The lowest BCUT2D eigenvalue weighted by molar-refractivity contribution is 0.0368. The van der Waals surface area contributed by atoms with Gasteiger partial charge in [-0.3, -0.25) is 10.3 Å². The number of benzene rings is 1. The second-order valence-corrected chi connectivity index (χ2v) is 9.45. The monoisotopic (exact) mass is 476 g/mol. The first-order valence-corrected chi connectivity index (χ1v) is 11.4. The molecule has 1 aromatic heterocycles. The van der Waals surface area contributed by atoms with Gasteiger partial charge in [-0.1, -0.05) is 28.1 Å². The molecule has 2 aliphatic rings. The van der Waals surface area contributed by atoms with E-state index in [4.69, 9.17) is 15.1 Å². The molecule has 8 heteroatoms. The van der Waals surface area contributed by atoms with E-state index in [-0.39, 0.29) is 5.76 Å². The molecule has 0 unspecified atom stereocenters. The standard InChI is InChI=1S/C21H25BrN4O2S/c1-14-19(15-3-5-16(22)6-4-15)24-21(29-14)18-17(27)13-26(20(18)23)8-2-7-25-9-11-28-12-10-25/h3-6,23,27H,2,7-13H2,1H3. The second kappa shape index (κ2) is 8.95. The van der Waals surface area contributed by atoms with E-state index < -0.39 is 0 Å². The molecule has 154 valence electrons. The average molecular weight is 477 g/mol. The maximum Gasteiger partial charge on any atom is 0.135 e. The van der Waals surface area contributed by atoms with Crippen LogP contribution in [0.5, 0.6) is 0 Å². The van der Waals surface area contributed by atoms with E-state index in [0.29, 0.717) is 18.0 Å². The molecule has 4 rings (SSSR count). The molecule has 0 bridgehead atoms. The van der Waals surface area contributed by atoms with E-state index >= 15 is 0 Å². The first-order valence-electron chi connectivity index (χ1n) is 9.83. The van der Waals surface area contributed by atoms with Crippen LogP contribution in [-0.4, -0.2) is 71.7 Å². The van der Waals surface area contributed by atoms with Gasteiger partial charge in [-0.25, -0.2) is 4.98 Å². The second-order valence-electron chi connectivity index (χ2n) is 7.33. The summed E-state index contributed by atoms with van der Waals surface area (Å²) in [6.45, 7) is 7.73. The molecular formula is C21H25BrN4O2S. The lowest BCUT2D eigenvalue weighted by Crippen LogP contribution is -2.38. The number of halogens is 1. The van der Waals surface area contributed by atoms with Crippen molar-refractivity contribution in [3.05, 3.63) is 44.4 Å². The van der Waals surface area contributed by atoms with Gasteiger partial charge in [0, 0.05) is 41.1 Å². The zero-order chi connectivity index (χ0) is 20.4. The third-order valence-corrected chi connectivity index (χ3v) is 6.83. The lowest BCUT2D eigenvalue weighted by Gasteiger charge is -2.27. The molecule has 3 heterocycles. The van der Waals surface area contributed by atoms with Gasteiger partial charge >= 0.3 is 0 Å². The fraction of sp³-hybridized carbons (Fsp3) is 0.429. The van der Waals surface area contributed by atoms with Crippen molar-refractivity contribution in [2.45, 2.75) is 13.3 Å². The van der Waals surface area contributed by atoms with Crippen molar-refractivity contribution < 1.29 is 9.84 Å². The Balaban J connectivity index is 1.43. The zero-order valence-electron chi connectivity index (χ0n) is 16.4. The predicted molar refractivity (Wildman–Crippen MR) is 121 cm³/mol. The van der Waals surface area contributed by atoms with Crippen LogP contribution in [0.3, 0.4) is 0 Å². The van der Waals surface area contributed by atoms with E-state index in [0.717, 1.165) is 71.4 Å². The number of amidine groups is 1. The van der Waals surface area contributed by atoms with Crippen LogP contribution in [0.15, 0.2) is 34.5 Å². The van der Waals surface area contributed by atoms with Crippen molar-refractivity contribution in [3.63, 3.8) is 0 Å². The molecule has 0 radical (unpaired) electrons. The Morgan fingerprint density at radius 2 is 1.93 bits per heavy atom. The third-order valence-electron chi connectivity index (χ3n) is 5.32. The molecule has 1 fully saturated rings. The van der Waals surface area contributed by atoms with Gasteiger partial charge < -0.3 is 14.7 Å². The summed E-state index contributed by atoms with van der Waals surface area (Å²) in [5.74, 6) is 0.623. The first-order chi connectivity index (χ1) is 14.0. The highest BCUT2D eigenvalue weighted by atomic mass is 79.9. The molecule has 6 nitrogen and oxygen atoms in total. The van der Waals surface area contributed by atoms with E-state index in [9.17, 15) is 5.11 Å². The van der Waals surface area contributed by atoms with Crippen molar-refractivity contribution in [1.29, 1.82) is 5.41 Å². The molecule has 2 aromatic rings. The van der Waals surface area contributed by atoms with Crippen LogP contribution >= 0.6 is 27.3 Å². The normalized spacial score (nSPS) is 18.1. The molecule has 1 saturated heterocycles. The summed E-state index contributed by atoms with van der Waals surface area (Å²) in [5, 5.41) is 19.9. The number of aliphatic hydroxyl groups is 1. The summed E-state index contributed by atoms with van der Waals surface area (Å²) in [4.78, 5) is 10.2. The van der Waals surface area contributed by atoms with Crippen LogP contribution in [0.25, 0.3) is 16.8 Å². The van der Waals surface area contributed by atoms with Crippen LogP contribution in [0.1, 0.15) is 16.3 Å². The number of thiazole rings is 1. The van der Waals surface area contributed by atoms with Crippen LogP contribution in [0, 0.1) is 12.3 Å². The Morgan fingerprint density at radius 1 is 1.21 bits per heavy atom. The third kappa shape index (κ3) is 4.55. The van der Waals surface area contributed by atoms with Crippen LogP contribution in [0.4, 0.5) is 0 Å². The van der Waals surface area contributed by atoms with E-state index in [2.05, 4.69) is 20.8 Å². The number of rotatable bonds is 6. The highest BCUT2D eigenvalue weighted by Gasteiger charge is 2.30. The number of hydrogen-bond acceptors (Lipinski definition) is 6. The van der Waals surface area contributed by atoms with Crippen molar-refractivity contribution >= 4 is 38.7 Å². The predicted octanol–water partition coefficient (Wildman–Crippen LogP) is 4.17. The highest BCUT2D eigenvalue weighted by molar-refractivity contribution is 9.10. The SMILES string of the molecule is Cc1sc(C2=C(O)CN(CCCN3CCOCC3)C2=N)nc1-c1ccc(Br)cc1. The molecule has 0 amide bonds. The number of hydrogen-bond donors (Lipinski definition) is 2. The molecule has 0 spiro atoms. The van der Waals surface area contributed by atoms with Gasteiger partial charge in [0.1, 0.15) is 16.6 Å². The highest BCUT2D eigenvalue weighted by Crippen LogP contribution is 2.35. The molecule has 0 atom stereocenters. The summed E-state index contributed by atoms with van der Waals surface area (Å²) < 4.78 is 6.42. The molecule has 1 aromatic carbocycles. The molecule has 2 N–H and O–H groups in total. The number of nitrogens with one attached hydrogen (secondary N) is 1.